The molecule has 0 bridgehead atoms. The Balaban J connectivity index is 1.49. The minimum absolute atomic E-state index is 0.136. The topological polar surface area (TPSA) is 65.7 Å². The smallest absolute Gasteiger partial charge is 0.234 e. The van der Waals surface area contributed by atoms with Gasteiger partial charge in [0.05, 0.1) is 12.8 Å². The van der Waals surface area contributed by atoms with Crippen molar-refractivity contribution < 1.29 is 18.7 Å². The van der Waals surface area contributed by atoms with E-state index in [-0.39, 0.29) is 30.9 Å². The minimum atomic E-state index is -0.665. The SMILES string of the molecule is O=C(CN1CCCC1CC(O)c1ccco1)NCc1ccccc1F. The van der Waals surface area contributed by atoms with E-state index in [0.717, 1.165) is 19.4 Å². The van der Waals surface area contributed by atoms with Gasteiger partial charge >= 0.3 is 0 Å². The number of halogens is 1. The zero-order chi connectivity index (χ0) is 17.6. The van der Waals surface area contributed by atoms with Crippen LogP contribution in [-0.4, -0.2) is 35.0 Å². The summed E-state index contributed by atoms with van der Waals surface area (Å²) in [6.07, 6.45) is 3.35. The van der Waals surface area contributed by atoms with Gasteiger partial charge in [0.2, 0.25) is 5.91 Å². The van der Waals surface area contributed by atoms with Gasteiger partial charge in [0.25, 0.3) is 0 Å². The minimum Gasteiger partial charge on any atom is -0.467 e. The van der Waals surface area contributed by atoms with E-state index in [0.29, 0.717) is 17.7 Å². The average Bonchev–Trinajstić information content (AvgIpc) is 3.27. The third-order valence-electron chi connectivity index (χ3n) is 4.65. The molecule has 1 aromatic heterocycles. The van der Waals surface area contributed by atoms with Crippen molar-refractivity contribution in [3.05, 3.63) is 59.8 Å². The van der Waals surface area contributed by atoms with E-state index < -0.39 is 6.10 Å². The third kappa shape index (κ3) is 4.67. The van der Waals surface area contributed by atoms with Gasteiger partial charge in [-0.3, -0.25) is 9.69 Å². The third-order valence-corrected chi connectivity index (χ3v) is 4.65. The lowest BCUT2D eigenvalue weighted by Gasteiger charge is -2.25. The van der Waals surface area contributed by atoms with Gasteiger partial charge in [-0.1, -0.05) is 18.2 Å². The summed E-state index contributed by atoms with van der Waals surface area (Å²) in [4.78, 5) is 14.3. The van der Waals surface area contributed by atoms with Crippen molar-refractivity contribution in [2.45, 2.75) is 38.0 Å². The second kappa shape index (κ2) is 8.27. The van der Waals surface area contributed by atoms with Crippen molar-refractivity contribution in [3.8, 4) is 0 Å². The zero-order valence-corrected chi connectivity index (χ0v) is 14.0. The van der Waals surface area contributed by atoms with E-state index in [1.165, 1.54) is 6.07 Å². The van der Waals surface area contributed by atoms with Crippen LogP contribution in [0.25, 0.3) is 0 Å². The monoisotopic (exact) mass is 346 g/mol. The first-order valence-electron chi connectivity index (χ1n) is 8.59. The summed E-state index contributed by atoms with van der Waals surface area (Å²) in [6.45, 7) is 1.26. The lowest BCUT2D eigenvalue weighted by molar-refractivity contribution is -0.122. The Hall–Kier alpha value is -2.18. The highest BCUT2D eigenvalue weighted by atomic mass is 19.1. The molecule has 5 nitrogen and oxygen atoms in total. The number of rotatable bonds is 7. The number of carbonyl (C=O) groups is 1. The first-order valence-corrected chi connectivity index (χ1v) is 8.59. The summed E-state index contributed by atoms with van der Waals surface area (Å²) in [6, 6.07) is 10.1. The molecule has 0 saturated carbocycles. The Bertz CT molecular complexity index is 690. The normalized spacial score (nSPS) is 19.0. The summed E-state index contributed by atoms with van der Waals surface area (Å²) in [5.74, 6) is 0.0990. The molecule has 1 aromatic carbocycles. The maximum Gasteiger partial charge on any atom is 0.234 e. The predicted molar refractivity (Wildman–Crippen MR) is 91.1 cm³/mol. The second-order valence-electron chi connectivity index (χ2n) is 6.40. The highest BCUT2D eigenvalue weighted by molar-refractivity contribution is 5.78. The van der Waals surface area contributed by atoms with Crippen LogP contribution >= 0.6 is 0 Å². The molecular weight excluding hydrogens is 323 g/mol. The maximum absolute atomic E-state index is 13.6. The number of aliphatic hydroxyl groups is 1. The second-order valence-corrected chi connectivity index (χ2v) is 6.40. The molecule has 1 amide bonds. The van der Waals surface area contributed by atoms with Gasteiger partial charge in [-0.2, -0.15) is 0 Å². The van der Waals surface area contributed by atoms with Crippen molar-refractivity contribution >= 4 is 5.91 Å². The van der Waals surface area contributed by atoms with E-state index in [1.807, 2.05) is 0 Å². The highest BCUT2D eigenvalue weighted by Gasteiger charge is 2.29. The van der Waals surface area contributed by atoms with Crippen molar-refractivity contribution in [2.75, 3.05) is 13.1 Å². The summed E-state index contributed by atoms with van der Waals surface area (Å²) in [5, 5.41) is 13.0. The van der Waals surface area contributed by atoms with Gasteiger partial charge in [0.15, 0.2) is 0 Å². The quantitative estimate of drug-likeness (QED) is 0.809. The van der Waals surface area contributed by atoms with Gasteiger partial charge in [-0.25, -0.2) is 4.39 Å². The molecule has 1 aliphatic rings. The highest BCUT2D eigenvalue weighted by Crippen LogP contribution is 2.27. The molecule has 1 saturated heterocycles. The van der Waals surface area contributed by atoms with Gasteiger partial charge in [-0.05, 0) is 44.0 Å². The van der Waals surface area contributed by atoms with E-state index in [2.05, 4.69) is 10.2 Å². The summed E-state index contributed by atoms with van der Waals surface area (Å²) >= 11 is 0. The molecule has 25 heavy (non-hydrogen) atoms. The zero-order valence-electron chi connectivity index (χ0n) is 14.0. The Morgan fingerprint density at radius 2 is 2.20 bits per heavy atom. The van der Waals surface area contributed by atoms with E-state index in [1.54, 1.807) is 36.6 Å². The average molecular weight is 346 g/mol. The maximum atomic E-state index is 13.6. The fourth-order valence-corrected chi connectivity index (χ4v) is 3.30. The van der Waals surface area contributed by atoms with Crippen LogP contribution in [0.2, 0.25) is 0 Å². The van der Waals surface area contributed by atoms with Crippen LogP contribution in [0.5, 0.6) is 0 Å². The van der Waals surface area contributed by atoms with Crippen LogP contribution in [0, 0.1) is 5.82 Å². The first kappa shape index (κ1) is 17.6. The number of nitrogens with zero attached hydrogens (tertiary/aromatic N) is 1. The van der Waals surface area contributed by atoms with Crippen LogP contribution < -0.4 is 5.32 Å². The van der Waals surface area contributed by atoms with Crippen molar-refractivity contribution in [2.24, 2.45) is 0 Å². The number of carbonyl (C=O) groups excluding carboxylic acids is 1. The summed E-state index contributed by atoms with van der Waals surface area (Å²) in [7, 11) is 0. The molecule has 1 fully saturated rings. The first-order chi connectivity index (χ1) is 12.1. The van der Waals surface area contributed by atoms with Gasteiger partial charge in [0, 0.05) is 18.2 Å². The fraction of sp³-hybridized carbons (Fsp3) is 0.421. The van der Waals surface area contributed by atoms with Gasteiger partial charge < -0.3 is 14.8 Å². The summed E-state index contributed by atoms with van der Waals surface area (Å²) in [5.41, 5.74) is 0.474. The van der Waals surface area contributed by atoms with E-state index in [4.69, 9.17) is 4.42 Å². The van der Waals surface area contributed by atoms with Crippen LogP contribution in [0.3, 0.4) is 0 Å². The van der Waals surface area contributed by atoms with Crippen molar-refractivity contribution in [1.82, 2.24) is 10.2 Å². The lowest BCUT2D eigenvalue weighted by atomic mass is 10.1. The lowest BCUT2D eigenvalue weighted by Crippen LogP contribution is -2.40. The van der Waals surface area contributed by atoms with Crippen molar-refractivity contribution in [1.29, 1.82) is 0 Å². The molecule has 0 spiro atoms. The largest absolute Gasteiger partial charge is 0.467 e. The number of furan rings is 1. The molecule has 2 N–H and O–H groups in total. The Kier molecular flexibility index (Phi) is 5.83. The fourth-order valence-electron chi connectivity index (χ4n) is 3.30. The number of amides is 1. The van der Waals surface area contributed by atoms with Crippen LogP contribution in [-0.2, 0) is 11.3 Å². The van der Waals surface area contributed by atoms with Crippen LogP contribution in [0.1, 0.15) is 36.7 Å². The Labute approximate surface area is 146 Å². The van der Waals surface area contributed by atoms with Crippen LogP contribution in [0.4, 0.5) is 4.39 Å². The number of benzene rings is 1. The number of likely N-dealkylation sites (tertiary alicyclic amines) is 1. The molecule has 3 rings (SSSR count). The molecular formula is C19H23FN2O3. The predicted octanol–water partition coefficient (Wildman–Crippen LogP) is 2.62. The Morgan fingerprint density at radius 1 is 1.36 bits per heavy atom. The molecule has 134 valence electrons. The number of aliphatic hydroxyl groups excluding tert-OH is 1. The van der Waals surface area contributed by atoms with E-state index >= 15 is 0 Å². The molecule has 6 heteroatoms. The molecule has 2 heterocycles. The number of nitrogens with one attached hydrogen (secondary N) is 1. The molecule has 2 aromatic rings. The number of hydrogen-bond donors (Lipinski definition) is 2. The van der Waals surface area contributed by atoms with Gasteiger partial charge in [0.1, 0.15) is 17.7 Å². The number of hydrogen-bond acceptors (Lipinski definition) is 4. The molecule has 0 aliphatic carbocycles. The summed E-state index contributed by atoms with van der Waals surface area (Å²) < 4.78 is 18.8. The van der Waals surface area contributed by atoms with Crippen molar-refractivity contribution in [3.63, 3.8) is 0 Å². The van der Waals surface area contributed by atoms with Gasteiger partial charge in [-0.15, -0.1) is 0 Å². The molecule has 0 radical (unpaired) electrons. The molecule has 2 atom stereocenters. The van der Waals surface area contributed by atoms with Crippen LogP contribution in [0.15, 0.2) is 47.1 Å². The standard InChI is InChI=1S/C19H23FN2O3/c20-16-7-2-1-5-14(16)12-21-19(24)13-22-9-3-6-15(22)11-17(23)18-8-4-10-25-18/h1-2,4-5,7-8,10,15,17,23H,3,6,9,11-13H2,(H,21,24). The molecule has 2 unspecified atom stereocenters. The Morgan fingerprint density at radius 3 is 2.96 bits per heavy atom. The molecule has 1 aliphatic heterocycles. The van der Waals surface area contributed by atoms with E-state index in [9.17, 15) is 14.3 Å².